The van der Waals surface area contributed by atoms with E-state index in [1.54, 1.807) is 0 Å². The van der Waals surface area contributed by atoms with Gasteiger partial charge in [0, 0.05) is 43.3 Å². The lowest BCUT2D eigenvalue weighted by molar-refractivity contribution is 0.0300. The molecule has 1 aliphatic rings. The van der Waals surface area contributed by atoms with Gasteiger partial charge in [-0.25, -0.2) is 0 Å². The van der Waals surface area contributed by atoms with Crippen LogP contribution in [-0.4, -0.2) is 26.4 Å². The van der Waals surface area contributed by atoms with Gasteiger partial charge in [0.2, 0.25) is 0 Å². The first-order chi connectivity index (χ1) is 9.61. The van der Waals surface area contributed by atoms with Crippen LogP contribution < -0.4 is 15.8 Å². The number of nitrogens with two attached hydrogens (primary N) is 1. The molecule has 0 radical (unpaired) electrons. The molecule has 0 atom stereocenters. The number of anilines is 2. The van der Waals surface area contributed by atoms with Crippen LogP contribution in [0.5, 0.6) is 5.75 Å². The Morgan fingerprint density at radius 3 is 2.75 bits per heavy atom. The molecule has 1 aromatic rings. The van der Waals surface area contributed by atoms with Crippen LogP contribution in [0.3, 0.4) is 0 Å². The van der Waals surface area contributed by atoms with Crippen molar-refractivity contribution >= 4 is 11.4 Å². The summed E-state index contributed by atoms with van der Waals surface area (Å²) >= 11 is 0. The molecule has 0 spiro atoms. The molecular weight excluding hydrogens is 252 g/mol. The second-order valence-electron chi connectivity index (χ2n) is 5.92. The topological polar surface area (TPSA) is 56.5 Å². The van der Waals surface area contributed by atoms with Crippen molar-refractivity contribution in [2.75, 3.05) is 37.4 Å². The number of ether oxygens (including phenoxy) is 2. The molecule has 4 nitrogen and oxygen atoms in total. The normalized spacial score (nSPS) is 17.7. The summed E-state index contributed by atoms with van der Waals surface area (Å²) in [6.45, 7) is 7.78. The summed E-state index contributed by atoms with van der Waals surface area (Å²) in [5, 5.41) is 3.50. The summed E-state index contributed by atoms with van der Waals surface area (Å²) in [5.74, 6) is 0.839. The molecular formula is C16H26N2O2. The first-order valence-electron chi connectivity index (χ1n) is 7.46. The highest BCUT2D eigenvalue weighted by molar-refractivity contribution is 5.59. The van der Waals surface area contributed by atoms with Gasteiger partial charge in [0.15, 0.2) is 0 Å². The molecule has 2 rings (SSSR count). The minimum atomic E-state index is 0.299. The van der Waals surface area contributed by atoms with Crippen molar-refractivity contribution in [2.45, 2.75) is 33.1 Å². The van der Waals surface area contributed by atoms with E-state index < -0.39 is 0 Å². The van der Waals surface area contributed by atoms with E-state index in [0.717, 1.165) is 62.8 Å². The Bertz CT molecular complexity index is 428. The fourth-order valence-electron chi connectivity index (χ4n) is 2.38. The molecule has 1 saturated heterocycles. The van der Waals surface area contributed by atoms with Gasteiger partial charge in [-0.1, -0.05) is 13.8 Å². The van der Waals surface area contributed by atoms with Crippen LogP contribution in [0.15, 0.2) is 18.2 Å². The molecule has 0 saturated carbocycles. The van der Waals surface area contributed by atoms with Crippen molar-refractivity contribution in [1.82, 2.24) is 0 Å². The van der Waals surface area contributed by atoms with Crippen molar-refractivity contribution in [3.8, 4) is 5.75 Å². The molecule has 20 heavy (non-hydrogen) atoms. The van der Waals surface area contributed by atoms with Crippen LogP contribution in [0.2, 0.25) is 0 Å². The second kappa shape index (κ2) is 6.84. The fraction of sp³-hybridized carbons (Fsp3) is 0.625. The molecule has 112 valence electrons. The minimum absolute atomic E-state index is 0.299. The zero-order valence-corrected chi connectivity index (χ0v) is 12.6. The molecule has 0 aromatic heterocycles. The maximum Gasteiger partial charge on any atom is 0.123 e. The maximum absolute atomic E-state index is 5.93. The third-order valence-electron chi connectivity index (χ3n) is 3.82. The third kappa shape index (κ3) is 4.30. The van der Waals surface area contributed by atoms with Crippen molar-refractivity contribution in [3.63, 3.8) is 0 Å². The summed E-state index contributed by atoms with van der Waals surface area (Å²) in [6, 6.07) is 5.85. The molecule has 1 aromatic carbocycles. The van der Waals surface area contributed by atoms with Crippen LogP contribution >= 0.6 is 0 Å². The lowest BCUT2D eigenvalue weighted by atomic mass is 9.82. The van der Waals surface area contributed by atoms with E-state index in [2.05, 4.69) is 19.2 Å². The summed E-state index contributed by atoms with van der Waals surface area (Å²) < 4.78 is 11.1. The van der Waals surface area contributed by atoms with Crippen LogP contribution in [0.25, 0.3) is 0 Å². The van der Waals surface area contributed by atoms with Crippen molar-refractivity contribution in [3.05, 3.63) is 18.2 Å². The highest BCUT2D eigenvalue weighted by Crippen LogP contribution is 2.31. The number of benzene rings is 1. The van der Waals surface area contributed by atoms with E-state index in [9.17, 15) is 0 Å². The lowest BCUT2D eigenvalue weighted by Crippen LogP contribution is -2.33. The molecule has 1 aliphatic heterocycles. The van der Waals surface area contributed by atoms with Gasteiger partial charge in [-0.3, -0.25) is 0 Å². The van der Waals surface area contributed by atoms with Crippen molar-refractivity contribution in [1.29, 1.82) is 0 Å². The quantitative estimate of drug-likeness (QED) is 0.784. The van der Waals surface area contributed by atoms with Gasteiger partial charge < -0.3 is 20.5 Å². The second-order valence-corrected chi connectivity index (χ2v) is 5.92. The molecule has 4 heteroatoms. The van der Waals surface area contributed by atoms with E-state index in [0.29, 0.717) is 5.41 Å². The first kappa shape index (κ1) is 15.0. The van der Waals surface area contributed by atoms with Gasteiger partial charge in [-0.15, -0.1) is 0 Å². The van der Waals surface area contributed by atoms with Gasteiger partial charge in [-0.05, 0) is 30.7 Å². The standard InChI is InChI=1S/C16H26N2O2/c1-3-6-20-15-10-13(17)9-14(11-15)18-12-16(2)4-7-19-8-5-16/h9-11,18H,3-8,12,17H2,1-2H3. The zero-order valence-electron chi connectivity index (χ0n) is 12.6. The molecule has 1 heterocycles. The van der Waals surface area contributed by atoms with Gasteiger partial charge in [0.25, 0.3) is 0 Å². The van der Waals surface area contributed by atoms with E-state index >= 15 is 0 Å². The van der Waals surface area contributed by atoms with Gasteiger partial charge in [-0.2, -0.15) is 0 Å². The van der Waals surface area contributed by atoms with Crippen LogP contribution in [0, 0.1) is 5.41 Å². The average Bonchev–Trinajstić information content (AvgIpc) is 2.43. The van der Waals surface area contributed by atoms with Crippen LogP contribution in [0.4, 0.5) is 11.4 Å². The zero-order chi connectivity index (χ0) is 14.4. The van der Waals surface area contributed by atoms with Crippen molar-refractivity contribution < 1.29 is 9.47 Å². The van der Waals surface area contributed by atoms with Gasteiger partial charge >= 0.3 is 0 Å². The predicted molar refractivity (Wildman–Crippen MR) is 83.3 cm³/mol. The van der Waals surface area contributed by atoms with Crippen LogP contribution in [-0.2, 0) is 4.74 Å². The van der Waals surface area contributed by atoms with Crippen LogP contribution in [0.1, 0.15) is 33.1 Å². The van der Waals surface area contributed by atoms with Gasteiger partial charge in [0.05, 0.1) is 6.61 Å². The average molecular weight is 278 g/mol. The summed E-state index contributed by atoms with van der Waals surface area (Å²) in [7, 11) is 0. The highest BCUT2D eigenvalue weighted by atomic mass is 16.5. The number of rotatable bonds is 6. The Morgan fingerprint density at radius 1 is 1.30 bits per heavy atom. The molecule has 0 aliphatic carbocycles. The maximum atomic E-state index is 5.93. The Kier molecular flexibility index (Phi) is 5.12. The first-order valence-corrected chi connectivity index (χ1v) is 7.46. The summed E-state index contributed by atoms with van der Waals surface area (Å²) in [6.07, 6.45) is 3.19. The number of hydrogen-bond acceptors (Lipinski definition) is 4. The smallest absolute Gasteiger partial charge is 0.123 e. The van der Waals surface area contributed by atoms with Crippen molar-refractivity contribution in [2.24, 2.45) is 5.41 Å². The Labute approximate surface area is 121 Å². The molecule has 0 bridgehead atoms. The lowest BCUT2D eigenvalue weighted by Gasteiger charge is -2.34. The fourth-order valence-corrected chi connectivity index (χ4v) is 2.38. The van der Waals surface area contributed by atoms with E-state index in [4.69, 9.17) is 15.2 Å². The number of hydrogen-bond donors (Lipinski definition) is 2. The van der Waals surface area contributed by atoms with Gasteiger partial charge in [0.1, 0.15) is 5.75 Å². The van der Waals surface area contributed by atoms with E-state index in [1.807, 2.05) is 18.2 Å². The monoisotopic (exact) mass is 278 g/mol. The van der Waals surface area contributed by atoms with E-state index in [-0.39, 0.29) is 0 Å². The molecule has 3 N–H and O–H groups in total. The SMILES string of the molecule is CCCOc1cc(N)cc(NCC2(C)CCOCC2)c1. The summed E-state index contributed by atoms with van der Waals surface area (Å²) in [5.41, 5.74) is 8.00. The Balaban J connectivity index is 1.96. The molecule has 1 fully saturated rings. The third-order valence-corrected chi connectivity index (χ3v) is 3.82. The summed E-state index contributed by atoms with van der Waals surface area (Å²) in [4.78, 5) is 0. The molecule has 0 amide bonds. The Hall–Kier alpha value is -1.42. The minimum Gasteiger partial charge on any atom is -0.493 e. The Morgan fingerprint density at radius 2 is 2.05 bits per heavy atom. The number of nitrogens with one attached hydrogen (secondary N) is 1. The van der Waals surface area contributed by atoms with E-state index in [1.165, 1.54) is 0 Å². The largest absolute Gasteiger partial charge is 0.493 e. The molecule has 0 unspecified atom stereocenters. The number of nitrogen functional groups attached to an aromatic ring is 1. The highest BCUT2D eigenvalue weighted by Gasteiger charge is 2.26. The predicted octanol–water partition coefficient (Wildman–Crippen LogP) is 3.29.